The number of anilines is 1. The molecule has 0 saturated carbocycles. The molecule has 0 aromatic heterocycles. The van der Waals surface area contributed by atoms with Crippen LogP contribution in [0.1, 0.15) is 54.2 Å². The maximum absolute atomic E-state index is 12.8. The summed E-state index contributed by atoms with van der Waals surface area (Å²) in [6.07, 6.45) is -3.54. The SMILES string of the molecule is CCC(C)(C)c1cc(NC(=O)c2cccc(C(F)(F)F)c2)ccc1C. The minimum atomic E-state index is -4.47. The number of aryl methyl sites for hydroxylation is 1. The van der Waals surface area contributed by atoms with Crippen molar-refractivity contribution in [3.05, 3.63) is 64.7 Å². The molecule has 0 heterocycles. The van der Waals surface area contributed by atoms with Crippen molar-refractivity contribution in [3.63, 3.8) is 0 Å². The summed E-state index contributed by atoms with van der Waals surface area (Å²) in [7, 11) is 0. The van der Waals surface area contributed by atoms with E-state index in [-0.39, 0.29) is 11.0 Å². The number of alkyl halides is 3. The van der Waals surface area contributed by atoms with Gasteiger partial charge in [0.05, 0.1) is 5.56 Å². The van der Waals surface area contributed by atoms with E-state index in [2.05, 4.69) is 26.1 Å². The van der Waals surface area contributed by atoms with Gasteiger partial charge in [0.25, 0.3) is 5.91 Å². The number of halogens is 3. The van der Waals surface area contributed by atoms with Crippen LogP contribution in [0.4, 0.5) is 18.9 Å². The quantitative estimate of drug-likeness (QED) is 0.725. The molecule has 2 aromatic rings. The van der Waals surface area contributed by atoms with E-state index in [9.17, 15) is 18.0 Å². The molecule has 2 rings (SSSR count). The van der Waals surface area contributed by atoms with Gasteiger partial charge in [-0.3, -0.25) is 4.79 Å². The van der Waals surface area contributed by atoms with E-state index in [1.54, 1.807) is 6.07 Å². The van der Waals surface area contributed by atoms with E-state index < -0.39 is 17.6 Å². The van der Waals surface area contributed by atoms with Crippen molar-refractivity contribution in [1.82, 2.24) is 0 Å². The molecule has 0 unspecified atom stereocenters. The molecule has 0 radical (unpaired) electrons. The average Bonchev–Trinajstić information content (AvgIpc) is 2.55. The summed E-state index contributed by atoms with van der Waals surface area (Å²) >= 11 is 0. The molecule has 0 saturated heterocycles. The summed E-state index contributed by atoms with van der Waals surface area (Å²) in [4.78, 5) is 12.3. The van der Waals surface area contributed by atoms with Crippen LogP contribution in [0.15, 0.2) is 42.5 Å². The molecule has 5 heteroatoms. The monoisotopic (exact) mass is 349 g/mol. The molecule has 1 amide bonds. The molecular formula is C20H22F3NO. The van der Waals surface area contributed by atoms with Crippen LogP contribution < -0.4 is 5.32 Å². The van der Waals surface area contributed by atoms with Crippen LogP contribution >= 0.6 is 0 Å². The second kappa shape index (κ2) is 6.90. The Morgan fingerprint density at radius 2 is 1.76 bits per heavy atom. The Bertz CT molecular complexity index is 779. The number of benzene rings is 2. The molecule has 2 nitrogen and oxygen atoms in total. The van der Waals surface area contributed by atoms with Crippen LogP contribution in [0.25, 0.3) is 0 Å². The van der Waals surface area contributed by atoms with Crippen LogP contribution in [0.2, 0.25) is 0 Å². The minimum absolute atomic E-state index is 0.0216. The summed E-state index contributed by atoms with van der Waals surface area (Å²) < 4.78 is 38.4. The first kappa shape index (κ1) is 19.0. The largest absolute Gasteiger partial charge is 0.416 e. The molecule has 0 aliphatic heterocycles. The first-order chi connectivity index (χ1) is 11.5. The Morgan fingerprint density at radius 3 is 2.36 bits per heavy atom. The normalized spacial score (nSPS) is 12.1. The van der Waals surface area contributed by atoms with Gasteiger partial charge in [-0.05, 0) is 60.2 Å². The van der Waals surface area contributed by atoms with E-state index in [1.165, 1.54) is 12.1 Å². The maximum Gasteiger partial charge on any atom is 0.416 e. The lowest BCUT2D eigenvalue weighted by molar-refractivity contribution is -0.137. The summed E-state index contributed by atoms with van der Waals surface area (Å²) in [5, 5.41) is 2.69. The van der Waals surface area contributed by atoms with Gasteiger partial charge in [-0.15, -0.1) is 0 Å². The van der Waals surface area contributed by atoms with E-state index >= 15 is 0 Å². The van der Waals surface area contributed by atoms with Gasteiger partial charge in [0.15, 0.2) is 0 Å². The highest BCUT2D eigenvalue weighted by atomic mass is 19.4. The van der Waals surface area contributed by atoms with Crippen LogP contribution in [-0.2, 0) is 11.6 Å². The van der Waals surface area contributed by atoms with Gasteiger partial charge in [-0.25, -0.2) is 0 Å². The number of hydrogen-bond acceptors (Lipinski definition) is 1. The van der Waals surface area contributed by atoms with Crippen LogP contribution in [-0.4, -0.2) is 5.91 Å². The molecule has 0 bridgehead atoms. The van der Waals surface area contributed by atoms with Gasteiger partial charge >= 0.3 is 6.18 Å². The highest BCUT2D eigenvalue weighted by Crippen LogP contribution is 2.32. The first-order valence-corrected chi connectivity index (χ1v) is 8.14. The van der Waals surface area contributed by atoms with Gasteiger partial charge in [0.1, 0.15) is 0 Å². The summed E-state index contributed by atoms with van der Waals surface area (Å²) in [6, 6.07) is 9.98. The third-order valence-electron chi connectivity index (χ3n) is 4.56. The van der Waals surface area contributed by atoms with Crippen LogP contribution in [0.5, 0.6) is 0 Å². The molecule has 0 spiro atoms. The van der Waals surface area contributed by atoms with Crippen LogP contribution in [0.3, 0.4) is 0 Å². The third-order valence-corrected chi connectivity index (χ3v) is 4.56. The molecule has 2 aromatic carbocycles. The lowest BCUT2D eigenvalue weighted by Crippen LogP contribution is -2.18. The number of amides is 1. The fourth-order valence-electron chi connectivity index (χ4n) is 2.66. The number of hydrogen-bond donors (Lipinski definition) is 1. The molecular weight excluding hydrogens is 327 g/mol. The molecule has 0 fully saturated rings. The summed E-state index contributed by atoms with van der Waals surface area (Å²) in [5.41, 5.74) is 1.88. The third kappa shape index (κ3) is 4.41. The molecule has 1 N–H and O–H groups in total. The van der Waals surface area contributed by atoms with Crippen molar-refractivity contribution in [1.29, 1.82) is 0 Å². The summed E-state index contributed by atoms with van der Waals surface area (Å²) in [5.74, 6) is -0.560. The standard InChI is InChI=1S/C20H22F3NO/c1-5-19(3,4)17-12-16(10-9-13(17)2)24-18(25)14-7-6-8-15(11-14)20(21,22)23/h6-12H,5H2,1-4H3,(H,24,25). The van der Waals surface area contributed by atoms with Crippen LogP contribution in [0, 0.1) is 6.92 Å². The van der Waals surface area contributed by atoms with E-state index in [4.69, 9.17) is 0 Å². The number of carbonyl (C=O) groups excluding carboxylic acids is 1. The highest BCUT2D eigenvalue weighted by molar-refractivity contribution is 6.04. The zero-order chi connectivity index (χ0) is 18.8. The fourth-order valence-corrected chi connectivity index (χ4v) is 2.66. The first-order valence-electron chi connectivity index (χ1n) is 8.14. The van der Waals surface area contributed by atoms with E-state index in [0.717, 1.165) is 29.7 Å². The van der Waals surface area contributed by atoms with Gasteiger partial charge in [0.2, 0.25) is 0 Å². The van der Waals surface area contributed by atoms with E-state index in [0.29, 0.717) is 5.69 Å². The molecule has 0 atom stereocenters. The smallest absolute Gasteiger partial charge is 0.322 e. The Hall–Kier alpha value is -2.30. The predicted octanol–water partition coefficient (Wildman–Crippen LogP) is 5.95. The zero-order valence-electron chi connectivity index (χ0n) is 14.8. The number of rotatable bonds is 4. The molecule has 0 aliphatic carbocycles. The second-order valence-corrected chi connectivity index (χ2v) is 6.80. The average molecular weight is 349 g/mol. The second-order valence-electron chi connectivity index (χ2n) is 6.80. The van der Waals surface area contributed by atoms with Crippen molar-refractivity contribution < 1.29 is 18.0 Å². The van der Waals surface area contributed by atoms with E-state index in [1.807, 2.05) is 19.1 Å². The Kier molecular flexibility index (Phi) is 5.26. The van der Waals surface area contributed by atoms with Crippen molar-refractivity contribution in [2.75, 3.05) is 5.32 Å². The minimum Gasteiger partial charge on any atom is -0.322 e. The van der Waals surface area contributed by atoms with Gasteiger partial charge in [-0.2, -0.15) is 13.2 Å². The van der Waals surface area contributed by atoms with Gasteiger partial charge < -0.3 is 5.32 Å². The zero-order valence-corrected chi connectivity index (χ0v) is 14.8. The lowest BCUT2D eigenvalue weighted by Gasteiger charge is -2.26. The van der Waals surface area contributed by atoms with Gasteiger partial charge in [-0.1, -0.05) is 32.9 Å². The topological polar surface area (TPSA) is 29.1 Å². The Labute approximate surface area is 146 Å². The van der Waals surface area contributed by atoms with Crippen molar-refractivity contribution in [2.45, 2.75) is 45.7 Å². The number of carbonyl (C=O) groups is 1. The fraction of sp³-hybridized carbons (Fsp3) is 0.350. The van der Waals surface area contributed by atoms with Crippen molar-refractivity contribution in [3.8, 4) is 0 Å². The Balaban J connectivity index is 2.29. The molecule has 0 aliphatic rings. The highest BCUT2D eigenvalue weighted by Gasteiger charge is 2.31. The van der Waals surface area contributed by atoms with Crippen molar-refractivity contribution >= 4 is 11.6 Å². The number of nitrogens with one attached hydrogen (secondary N) is 1. The van der Waals surface area contributed by atoms with Gasteiger partial charge in [0, 0.05) is 11.3 Å². The van der Waals surface area contributed by atoms with Crippen molar-refractivity contribution in [2.24, 2.45) is 0 Å². The predicted molar refractivity (Wildman–Crippen MR) is 93.9 cm³/mol. The summed E-state index contributed by atoms with van der Waals surface area (Å²) in [6.45, 7) is 8.33. The molecule has 25 heavy (non-hydrogen) atoms. The molecule has 134 valence electrons. The maximum atomic E-state index is 12.8. The lowest BCUT2D eigenvalue weighted by atomic mass is 9.80. The Morgan fingerprint density at radius 1 is 1.08 bits per heavy atom.